The van der Waals surface area contributed by atoms with Gasteiger partial charge in [-0.05, 0) is 61.5 Å². The van der Waals surface area contributed by atoms with Gasteiger partial charge in [-0.3, -0.25) is 4.79 Å². The number of carbonyl (C=O) groups is 1. The minimum atomic E-state index is 0.0292. The second-order valence-corrected chi connectivity index (χ2v) is 10.8. The molecule has 0 atom stereocenters. The first-order valence-corrected chi connectivity index (χ1v) is 11.8. The summed E-state index contributed by atoms with van der Waals surface area (Å²) in [4.78, 5) is 16.7. The zero-order valence-electron chi connectivity index (χ0n) is 18.6. The van der Waals surface area contributed by atoms with E-state index in [9.17, 15) is 4.79 Å². The molecule has 160 valence electrons. The molecule has 1 saturated heterocycles. The third kappa shape index (κ3) is 4.62. The summed E-state index contributed by atoms with van der Waals surface area (Å²) in [6, 6.07) is 13.1. The molecule has 5 heteroatoms. The van der Waals surface area contributed by atoms with E-state index in [1.54, 1.807) is 11.3 Å². The molecule has 2 aromatic heterocycles. The predicted octanol–water partition coefficient (Wildman–Crippen LogP) is 5.18. The number of rotatable bonds is 6. The molecule has 0 bridgehead atoms. The molecule has 1 amide bonds. The van der Waals surface area contributed by atoms with Crippen molar-refractivity contribution in [1.82, 2.24) is 14.8 Å². The summed E-state index contributed by atoms with van der Waals surface area (Å²) in [5.41, 5.74) is 4.61. The van der Waals surface area contributed by atoms with Crippen molar-refractivity contribution in [1.29, 1.82) is 0 Å². The van der Waals surface area contributed by atoms with E-state index in [1.165, 1.54) is 33.5 Å². The number of nitrogens with zero attached hydrogens (tertiary/aromatic N) is 2. The molecule has 1 aliphatic heterocycles. The first-order chi connectivity index (χ1) is 14.3. The molecule has 0 radical (unpaired) electrons. The Kier molecular flexibility index (Phi) is 6.03. The molecule has 30 heavy (non-hydrogen) atoms. The highest BCUT2D eigenvalue weighted by Gasteiger charge is 2.19. The van der Waals surface area contributed by atoms with Crippen LogP contribution in [-0.4, -0.2) is 41.6 Å². The fraction of sp³-hybridized carbons (Fsp3) is 0.480. The van der Waals surface area contributed by atoms with Gasteiger partial charge in [0.15, 0.2) is 0 Å². The Labute approximate surface area is 183 Å². The van der Waals surface area contributed by atoms with E-state index in [1.807, 2.05) is 0 Å². The summed E-state index contributed by atoms with van der Waals surface area (Å²) in [6.45, 7) is 13.5. The van der Waals surface area contributed by atoms with Gasteiger partial charge < -0.3 is 14.8 Å². The lowest BCUT2D eigenvalue weighted by molar-refractivity contribution is 0.0941. The first-order valence-electron chi connectivity index (χ1n) is 11.0. The molecule has 0 aliphatic carbocycles. The third-order valence-electron chi connectivity index (χ3n) is 6.02. The maximum atomic E-state index is 13.0. The van der Waals surface area contributed by atoms with Crippen molar-refractivity contribution in [3.8, 4) is 0 Å². The number of fused-ring (bicyclic) bond motifs is 1. The van der Waals surface area contributed by atoms with Gasteiger partial charge in [-0.1, -0.05) is 45.0 Å². The SMILES string of the molecule is Cc1cc2c(cc(C(=O)NCCN3CCCC3)n2Cc2ccc(C(C)(C)C)cc2)s1. The maximum absolute atomic E-state index is 13.0. The molecular formula is C25H33N3OS. The number of amides is 1. The Balaban J connectivity index is 1.54. The highest BCUT2D eigenvalue weighted by Crippen LogP contribution is 2.30. The largest absolute Gasteiger partial charge is 0.349 e. The van der Waals surface area contributed by atoms with Crippen LogP contribution >= 0.6 is 11.3 Å². The summed E-state index contributed by atoms with van der Waals surface area (Å²) < 4.78 is 3.36. The van der Waals surface area contributed by atoms with E-state index in [4.69, 9.17) is 0 Å². The van der Waals surface area contributed by atoms with Crippen LogP contribution in [0, 0.1) is 6.92 Å². The molecule has 1 aromatic carbocycles. The summed E-state index contributed by atoms with van der Waals surface area (Å²) in [6.07, 6.45) is 2.56. The van der Waals surface area contributed by atoms with Gasteiger partial charge in [0.1, 0.15) is 5.69 Å². The lowest BCUT2D eigenvalue weighted by Gasteiger charge is -2.19. The average molecular weight is 424 g/mol. The van der Waals surface area contributed by atoms with Crippen LogP contribution in [0.25, 0.3) is 10.2 Å². The Morgan fingerprint density at radius 2 is 1.80 bits per heavy atom. The molecule has 4 nitrogen and oxygen atoms in total. The number of likely N-dealkylation sites (tertiary alicyclic amines) is 1. The second kappa shape index (κ2) is 8.56. The fourth-order valence-corrected chi connectivity index (χ4v) is 5.20. The van der Waals surface area contributed by atoms with Gasteiger partial charge in [0.25, 0.3) is 5.91 Å². The zero-order chi connectivity index (χ0) is 21.3. The Morgan fingerprint density at radius 3 is 2.47 bits per heavy atom. The molecule has 3 aromatic rings. The van der Waals surface area contributed by atoms with E-state index >= 15 is 0 Å². The third-order valence-corrected chi connectivity index (χ3v) is 7.01. The lowest BCUT2D eigenvalue weighted by Crippen LogP contribution is -2.34. The van der Waals surface area contributed by atoms with Crippen LogP contribution in [0.4, 0.5) is 0 Å². The lowest BCUT2D eigenvalue weighted by atomic mass is 9.87. The number of nitrogens with one attached hydrogen (secondary N) is 1. The minimum absolute atomic E-state index is 0.0292. The average Bonchev–Trinajstić information content (AvgIpc) is 3.39. The number of aryl methyl sites for hydroxylation is 1. The van der Waals surface area contributed by atoms with Crippen LogP contribution in [-0.2, 0) is 12.0 Å². The second-order valence-electron chi connectivity index (χ2n) is 9.47. The number of benzene rings is 1. The smallest absolute Gasteiger partial charge is 0.268 e. The Morgan fingerprint density at radius 1 is 1.10 bits per heavy atom. The number of carbonyl (C=O) groups excluding carboxylic acids is 1. The zero-order valence-corrected chi connectivity index (χ0v) is 19.4. The van der Waals surface area contributed by atoms with E-state index in [2.05, 4.69) is 78.9 Å². The fourth-order valence-electron chi connectivity index (χ4n) is 4.24. The van der Waals surface area contributed by atoms with E-state index in [-0.39, 0.29) is 11.3 Å². The van der Waals surface area contributed by atoms with Crippen LogP contribution in [0.1, 0.15) is 60.1 Å². The minimum Gasteiger partial charge on any atom is -0.349 e. The number of hydrogen-bond donors (Lipinski definition) is 1. The van der Waals surface area contributed by atoms with Crippen molar-refractivity contribution >= 4 is 27.5 Å². The van der Waals surface area contributed by atoms with Crippen molar-refractivity contribution in [3.63, 3.8) is 0 Å². The molecule has 0 saturated carbocycles. The molecule has 0 spiro atoms. The summed E-state index contributed by atoms with van der Waals surface area (Å²) >= 11 is 1.76. The number of aromatic nitrogens is 1. The van der Waals surface area contributed by atoms with Crippen LogP contribution in [0.15, 0.2) is 36.4 Å². The Hall–Kier alpha value is -2.11. The van der Waals surface area contributed by atoms with Crippen LogP contribution < -0.4 is 5.32 Å². The van der Waals surface area contributed by atoms with E-state index in [0.29, 0.717) is 13.1 Å². The van der Waals surface area contributed by atoms with E-state index in [0.717, 1.165) is 30.8 Å². The van der Waals surface area contributed by atoms with Gasteiger partial charge >= 0.3 is 0 Å². The van der Waals surface area contributed by atoms with Gasteiger partial charge in [-0.2, -0.15) is 0 Å². The quantitative estimate of drug-likeness (QED) is 0.593. The van der Waals surface area contributed by atoms with Crippen LogP contribution in [0.5, 0.6) is 0 Å². The molecule has 1 aliphatic rings. The van der Waals surface area contributed by atoms with Crippen LogP contribution in [0.3, 0.4) is 0 Å². The summed E-state index contributed by atoms with van der Waals surface area (Å²) in [5.74, 6) is 0.0292. The summed E-state index contributed by atoms with van der Waals surface area (Å²) in [5, 5.41) is 3.15. The Bertz CT molecular complexity index is 1020. The monoisotopic (exact) mass is 423 g/mol. The van der Waals surface area contributed by atoms with Crippen LogP contribution in [0.2, 0.25) is 0 Å². The van der Waals surface area contributed by atoms with E-state index < -0.39 is 0 Å². The van der Waals surface area contributed by atoms with Crippen molar-refractivity contribution in [2.24, 2.45) is 0 Å². The number of thiophene rings is 1. The van der Waals surface area contributed by atoms with Gasteiger partial charge in [0.05, 0.1) is 10.2 Å². The topological polar surface area (TPSA) is 37.3 Å². The number of hydrogen-bond acceptors (Lipinski definition) is 3. The van der Waals surface area contributed by atoms with Gasteiger partial charge in [0.2, 0.25) is 0 Å². The predicted molar refractivity (Wildman–Crippen MR) is 127 cm³/mol. The van der Waals surface area contributed by atoms with Gasteiger partial charge in [-0.25, -0.2) is 0 Å². The molecule has 1 N–H and O–H groups in total. The normalized spacial score (nSPS) is 15.2. The first kappa shape index (κ1) is 21.1. The highest BCUT2D eigenvalue weighted by atomic mass is 32.1. The van der Waals surface area contributed by atoms with Gasteiger partial charge in [-0.15, -0.1) is 11.3 Å². The molecule has 4 rings (SSSR count). The standard InChI is InChI=1S/C25H33N3OS/c1-18-15-21-23(30-18)16-22(24(29)26-11-14-27-12-5-6-13-27)28(21)17-19-7-9-20(10-8-19)25(2,3)4/h7-10,15-16H,5-6,11-14,17H2,1-4H3,(H,26,29). The van der Waals surface area contributed by atoms with Crippen molar-refractivity contribution in [3.05, 3.63) is 58.1 Å². The molecular weight excluding hydrogens is 390 g/mol. The molecule has 0 unspecified atom stereocenters. The molecule has 1 fully saturated rings. The highest BCUT2D eigenvalue weighted by molar-refractivity contribution is 7.19. The van der Waals surface area contributed by atoms with Gasteiger partial charge in [0, 0.05) is 24.5 Å². The van der Waals surface area contributed by atoms with Crippen molar-refractivity contribution < 1.29 is 4.79 Å². The van der Waals surface area contributed by atoms with Crippen molar-refractivity contribution in [2.45, 2.75) is 52.5 Å². The van der Waals surface area contributed by atoms with Crippen molar-refractivity contribution in [2.75, 3.05) is 26.2 Å². The maximum Gasteiger partial charge on any atom is 0.268 e. The molecule has 3 heterocycles. The summed E-state index contributed by atoms with van der Waals surface area (Å²) in [7, 11) is 0.